The summed E-state index contributed by atoms with van der Waals surface area (Å²) in [5, 5.41) is 3.68. The Morgan fingerprint density at radius 3 is 2.88 bits per heavy atom. The van der Waals surface area contributed by atoms with Crippen molar-refractivity contribution < 1.29 is 9.53 Å². The molecule has 0 atom stereocenters. The van der Waals surface area contributed by atoms with Gasteiger partial charge in [0.2, 0.25) is 0 Å². The molecule has 0 aliphatic carbocycles. The Morgan fingerprint density at radius 2 is 2.04 bits per heavy atom. The van der Waals surface area contributed by atoms with E-state index in [0.29, 0.717) is 16.3 Å². The molecule has 1 amide bonds. The molecule has 6 heteroatoms. The lowest BCUT2D eigenvalue weighted by molar-refractivity contribution is 0.103. The third kappa shape index (κ3) is 3.15. The van der Waals surface area contributed by atoms with E-state index in [-0.39, 0.29) is 5.91 Å². The first-order chi connectivity index (χ1) is 12.2. The third-order valence-electron chi connectivity index (χ3n) is 3.96. The summed E-state index contributed by atoms with van der Waals surface area (Å²) in [5.41, 5.74) is 3.01. The summed E-state index contributed by atoms with van der Waals surface area (Å²) in [5.74, 6) is 1.37. The summed E-state index contributed by atoms with van der Waals surface area (Å²) in [6.45, 7) is 0. The van der Waals surface area contributed by atoms with Gasteiger partial charge in [-0.15, -0.1) is 23.1 Å². The molecule has 4 rings (SSSR count). The number of amides is 1. The van der Waals surface area contributed by atoms with Gasteiger partial charge in [0, 0.05) is 26.1 Å². The lowest BCUT2D eigenvalue weighted by Crippen LogP contribution is -2.10. The average Bonchev–Trinajstić information content (AvgIpc) is 3.06. The van der Waals surface area contributed by atoms with Gasteiger partial charge in [0.15, 0.2) is 0 Å². The maximum atomic E-state index is 12.7. The molecule has 2 aromatic carbocycles. The standard InChI is InChI=1S/C19H14ClNO2S2/c1-23-15-5-3-2-4-14(15)21-19(22)17-8-11-10-24-16-9-12(20)6-7-13(16)18(11)25-17/h2-9H,10H2,1H3,(H,21,22). The van der Waals surface area contributed by atoms with Crippen molar-refractivity contribution in [2.24, 2.45) is 0 Å². The largest absolute Gasteiger partial charge is 0.495 e. The van der Waals surface area contributed by atoms with Crippen molar-refractivity contribution in [2.45, 2.75) is 10.6 Å². The van der Waals surface area contributed by atoms with Crippen LogP contribution in [0, 0.1) is 0 Å². The molecule has 1 aliphatic heterocycles. The zero-order chi connectivity index (χ0) is 17.4. The number of anilines is 1. The van der Waals surface area contributed by atoms with E-state index >= 15 is 0 Å². The van der Waals surface area contributed by atoms with E-state index in [1.54, 1.807) is 18.9 Å². The van der Waals surface area contributed by atoms with E-state index < -0.39 is 0 Å². The van der Waals surface area contributed by atoms with E-state index in [2.05, 4.69) is 5.32 Å². The summed E-state index contributed by atoms with van der Waals surface area (Å²) < 4.78 is 5.29. The number of hydrogen-bond acceptors (Lipinski definition) is 4. The fraction of sp³-hybridized carbons (Fsp3) is 0.105. The van der Waals surface area contributed by atoms with E-state index in [9.17, 15) is 4.79 Å². The van der Waals surface area contributed by atoms with Gasteiger partial charge in [0.1, 0.15) is 5.75 Å². The highest BCUT2D eigenvalue weighted by molar-refractivity contribution is 7.98. The number of hydrogen-bond donors (Lipinski definition) is 1. The number of thiophene rings is 1. The molecule has 0 fully saturated rings. The smallest absolute Gasteiger partial charge is 0.265 e. The molecular weight excluding hydrogens is 374 g/mol. The average molecular weight is 388 g/mol. The van der Waals surface area contributed by atoms with Crippen LogP contribution in [0.4, 0.5) is 5.69 Å². The second-order valence-electron chi connectivity index (χ2n) is 5.55. The molecule has 126 valence electrons. The van der Waals surface area contributed by atoms with Crippen LogP contribution in [0.2, 0.25) is 5.02 Å². The van der Waals surface area contributed by atoms with Crippen molar-refractivity contribution in [3.05, 3.63) is 64.0 Å². The lowest BCUT2D eigenvalue weighted by atomic mass is 10.1. The number of para-hydroxylation sites is 2. The van der Waals surface area contributed by atoms with Crippen LogP contribution in [0.15, 0.2) is 53.4 Å². The summed E-state index contributed by atoms with van der Waals surface area (Å²) >= 11 is 9.36. The minimum Gasteiger partial charge on any atom is -0.495 e. The SMILES string of the molecule is COc1ccccc1NC(=O)c1cc2c(s1)-c1ccc(Cl)cc1SC2. The lowest BCUT2D eigenvalue weighted by Gasteiger charge is -2.15. The van der Waals surface area contributed by atoms with Gasteiger partial charge in [-0.05, 0) is 35.9 Å². The van der Waals surface area contributed by atoms with Gasteiger partial charge in [-0.25, -0.2) is 0 Å². The Bertz CT molecular complexity index is 968. The van der Waals surface area contributed by atoms with Gasteiger partial charge in [-0.3, -0.25) is 4.79 Å². The highest BCUT2D eigenvalue weighted by atomic mass is 35.5. The Kier molecular flexibility index (Phi) is 4.46. The number of nitrogens with one attached hydrogen (secondary N) is 1. The number of benzene rings is 2. The number of fused-ring (bicyclic) bond motifs is 3. The predicted molar refractivity (Wildman–Crippen MR) is 105 cm³/mol. The zero-order valence-corrected chi connectivity index (χ0v) is 15.7. The van der Waals surface area contributed by atoms with E-state index in [0.717, 1.165) is 21.2 Å². The second kappa shape index (κ2) is 6.75. The van der Waals surface area contributed by atoms with Crippen molar-refractivity contribution in [1.29, 1.82) is 0 Å². The molecular formula is C19H14ClNO2S2. The van der Waals surface area contributed by atoms with Gasteiger partial charge >= 0.3 is 0 Å². The zero-order valence-electron chi connectivity index (χ0n) is 13.3. The van der Waals surface area contributed by atoms with E-state index in [1.807, 2.05) is 48.5 Å². The van der Waals surface area contributed by atoms with Crippen molar-refractivity contribution in [2.75, 3.05) is 12.4 Å². The topological polar surface area (TPSA) is 38.3 Å². The molecule has 3 aromatic rings. The minimum absolute atomic E-state index is 0.121. The number of thioether (sulfide) groups is 1. The Hall–Kier alpha value is -1.95. The maximum absolute atomic E-state index is 12.7. The molecule has 0 spiro atoms. The van der Waals surface area contributed by atoms with Crippen LogP contribution >= 0.6 is 34.7 Å². The fourth-order valence-electron chi connectivity index (χ4n) is 2.77. The summed E-state index contributed by atoms with van der Waals surface area (Å²) in [6, 6.07) is 15.3. The van der Waals surface area contributed by atoms with Crippen LogP contribution in [0.5, 0.6) is 5.75 Å². The molecule has 0 saturated heterocycles. The quantitative estimate of drug-likeness (QED) is 0.604. The monoisotopic (exact) mass is 387 g/mol. The van der Waals surface area contributed by atoms with Crippen LogP contribution in [0.3, 0.4) is 0 Å². The Labute approximate surface area is 159 Å². The predicted octanol–water partition coefficient (Wildman–Crippen LogP) is 5.94. The molecule has 1 aliphatic rings. The molecule has 1 aromatic heterocycles. The molecule has 0 radical (unpaired) electrons. The summed E-state index contributed by atoms with van der Waals surface area (Å²) in [4.78, 5) is 15.7. The van der Waals surface area contributed by atoms with Crippen LogP contribution in [0.25, 0.3) is 10.4 Å². The van der Waals surface area contributed by atoms with Crippen molar-refractivity contribution >= 4 is 46.3 Å². The number of rotatable bonds is 3. The molecule has 1 N–H and O–H groups in total. The van der Waals surface area contributed by atoms with Gasteiger partial charge < -0.3 is 10.1 Å². The molecule has 3 nitrogen and oxygen atoms in total. The van der Waals surface area contributed by atoms with Crippen molar-refractivity contribution in [3.8, 4) is 16.2 Å². The number of carbonyl (C=O) groups excluding carboxylic acids is 1. The van der Waals surface area contributed by atoms with Crippen LogP contribution in [-0.4, -0.2) is 13.0 Å². The Morgan fingerprint density at radius 1 is 1.20 bits per heavy atom. The second-order valence-corrected chi connectivity index (χ2v) is 8.05. The highest BCUT2D eigenvalue weighted by Gasteiger charge is 2.22. The number of methoxy groups -OCH3 is 1. The van der Waals surface area contributed by atoms with E-state index in [1.165, 1.54) is 21.8 Å². The normalized spacial score (nSPS) is 12.2. The van der Waals surface area contributed by atoms with Crippen molar-refractivity contribution in [1.82, 2.24) is 0 Å². The first-order valence-corrected chi connectivity index (χ1v) is 9.83. The number of halogens is 1. The van der Waals surface area contributed by atoms with Gasteiger partial charge in [-0.2, -0.15) is 0 Å². The summed E-state index contributed by atoms with van der Waals surface area (Å²) in [6.07, 6.45) is 0. The first-order valence-electron chi connectivity index (χ1n) is 7.65. The maximum Gasteiger partial charge on any atom is 0.265 e. The summed E-state index contributed by atoms with van der Waals surface area (Å²) in [7, 11) is 1.59. The van der Waals surface area contributed by atoms with Crippen LogP contribution < -0.4 is 10.1 Å². The van der Waals surface area contributed by atoms with Gasteiger partial charge in [-0.1, -0.05) is 29.8 Å². The fourth-order valence-corrected chi connectivity index (χ4v) is 5.35. The molecule has 0 saturated carbocycles. The molecule has 2 heterocycles. The van der Waals surface area contributed by atoms with Crippen molar-refractivity contribution in [3.63, 3.8) is 0 Å². The number of ether oxygens (including phenoxy) is 1. The third-order valence-corrected chi connectivity index (χ3v) is 6.51. The highest BCUT2D eigenvalue weighted by Crippen LogP contribution is 2.46. The van der Waals surface area contributed by atoms with Gasteiger partial charge in [0.05, 0.1) is 17.7 Å². The molecule has 0 bridgehead atoms. The van der Waals surface area contributed by atoms with Gasteiger partial charge in [0.25, 0.3) is 5.91 Å². The van der Waals surface area contributed by atoms with Crippen LogP contribution in [-0.2, 0) is 5.75 Å². The Balaban J connectivity index is 1.65. The molecule has 0 unspecified atom stereocenters. The minimum atomic E-state index is -0.121. The number of carbonyl (C=O) groups is 1. The van der Waals surface area contributed by atoms with Crippen LogP contribution in [0.1, 0.15) is 15.2 Å². The molecule has 25 heavy (non-hydrogen) atoms. The van der Waals surface area contributed by atoms with E-state index in [4.69, 9.17) is 16.3 Å². The first kappa shape index (κ1) is 16.5.